The first-order valence-corrected chi connectivity index (χ1v) is 8.17. The Hall–Kier alpha value is -1.30. The fraction of sp³-hybridized carbons (Fsp3) is 0.524. The average molecular weight is 284 g/mol. The number of hydrogen-bond donors (Lipinski definition) is 0. The van der Waals surface area contributed by atoms with E-state index in [1.54, 1.807) is 5.57 Å². The van der Waals surface area contributed by atoms with Crippen molar-refractivity contribution in [3.63, 3.8) is 0 Å². The molecule has 0 aromatic rings. The third-order valence-electron chi connectivity index (χ3n) is 4.30. The molecule has 1 rings (SSSR count). The second-order valence-electron chi connectivity index (χ2n) is 7.03. The summed E-state index contributed by atoms with van der Waals surface area (Å²) in [4.78, 5) is 0. The maximum Gasteiger partial charge on any atom is -0.00353 e. The van der Waals surface area contributed by atoms with Gasteiger partial charge in [0.2, 0.25) is 0 Å². The van der Waals surface area contributed by atoms with Crippen LogP contribution in [0.5, 0.6) is 0 Å². The summed E-state index contributed by atoms with van der Waals surface area (Å²) in [7, 11) is 0. The quantitative estimate of drug-likeness (QED) is 0.445. The highest BCUT2D eigenvalue weighted by Gasteiger charge is 2.29. The molecule has 0 saturated heterocycles. The molecule has 0 spiro atoms. The van der Waals surface area contributed by atoms with Gasteiger partial charge in [0.05, 0.1) is 0 Å². The molecule has 0 bridgehead atoms. The molecular weight excluding hydrogens is 252 g/mol. The molecule has 0 nitrogen and oxygen atoms in total. The standard InChI is InChI=1S/C21H32/c1-7-20-14-13-19(12-8-10-17(2)3)16-21(20,6)15-9-11-18(4)5/h7,10-11,13-14H,1,8-9,12,15-16H2,2-6H3. The molecule has 1 aliphatic carbocycles. The van der Waals surface area contributed by atoms with Gasteiger partial charge in [-0.3, -0.25) is 0 Å². The van der Waals surface area contributed by atoms with Crippen molar-refractivity contribution in [2.75, 3.05) is 0 Å². The molecule has 0 aromatic carbocycles. The minimum absolute atomic E-state index is 0.253. The fourth-order valence-corrected chi connectivity index (χ4v) is 3.02. The number of rotatable bonds is 7. The van der Waals surface area contributed by atoms with Crippen molar-refractivity contribution in [1.29, 1.82) is 0 Å². The molecule has 0 saturated carbocycles. The minimum atomic E-state index is 0.253. The van der Waals surface area contributed by atoms with E-state index in [2.05, 4.69) is 65.5 Å². The van der Waals surface area contributed by atoms with Crippen LogP contribution in [0.4, 0.5) is 0 Å². The number of hydrogen-bond acceptors (Lipinski definition) is 0. The van der Waals surface area contributed by atoms with Crippen molar-refractivity contribution in [3.8, 4) is 0 Å². The Morgan fingerprint density at radius 2 is 1.71 bits per heavy atom. The van der Waals surface area contributed by atoms with Crippen LogP contribution in [0.15, 0.2) is 59.3 Å². The van der Waals surface area contributed by atoms with Crippen LogP contribution in [-0.4, -0.2) is 0 Å². The highest BCUT2D eigenvalue weighted by Crippen LogP contribution is 2.43. The maximum absolute atomic E-state index is 4.01. The third-order valence-corrected chi connectivity index (χ3v) is 4.30. The van der Waals surface area contributed by atoms with E-state index in [1.807, 2.05) is 6.08 Å². The summed E-state index contributed by atoms with van der Waals surface area (Å²) in [5.41, 5.74) is 6.06. The summed E-state index contributed by atoms with van der Waals surface area (Å²) < 4.78 is 0. The van der Waals surface area contributed by atoms with Gasteiger partial charge in [-0.25, -0.2) is 0 Å². The summed E-state index contributed by atoms with van der Waals surface area (Å²) in [5, 5.41) is 0. The SMILES string of the molecule is C=CC1=CC=C(CCC=C(C)C)CC1(C)CCC=C(C)C. The second kappa shape index (κ2) is 8.22. The molecule has 0 fully saturated rings. The van der Waals surface area contributed by atoms with Crippen molar-refractivity contribution in [3.05, 3.63) is 59.3 Å². The lowest BCUT2D eigenvalue weighted by molar-refractivity contribution is 0.363. The van der Waals surface area contributed by atoms with Gasteiger partial charge in [0.25, 0.3) is 0 Å². The molecule has 0 N–H and O–H groups in total. The van der Waals surface area contributed by atoms with Crippen LogP contribution in [-0.2, 0) is 0 Å². The smallest absolute Gasteiger partial charge is 0.00353 e. The molecule has 1 unspecified atom stereocenters. The molecule has 0 radical (unpaired) electrons. The molecule has 1 aliphatic rings. The van der Waals surface area contributed by atoms with E-state index >= 15 is 0 Å². The van der Waals surface area contributed by atoms with Crippen LogP contribution in [0.25, 0.3) is 0 Å². The van der Waals surface area contributed by atoms with Gasteiger partial charge in [0, 0.05) is 0 Å². The minimum Gasteiger partial charge on any atom is -0.0988 e. The van der Waals surface area contributed by atoms with Gasteiger partial charge in [-0.2, -0.15) is 0 Å². The molecule has 0 aromatic heterocycles. The van der Waals surface area contributed by atoms with Crippen LogP contribution >= 0.6 is 0 Å². The lowest BCUT2D eigenvalue weighted by Gasteiger charge is -2.34. The molecular formula is C21H32. The summed E-state index contributed by atoms with van der Waals surface area (Å²) in [6.45, 7) is 15.1. The predicted octanol–water partition coefficient (Wildman–Crippen LogP) is 6.93. The van der Waals surface area contributed by atoms with E-state index in [0.717, 1.165) is 12.8 Å². The zero-order chi connectivity index (χ0) is 15.9. The first kappa shape index (κ1) is 17.8. The monoisotopic (exact) mass is 284 g/mol. The Labute approximate surface area is 132 Å². The average Bonchev–Trinajstić information content (AvgIpc) is 2.37. The Balaban J connectivity index is 2.74. The first-order valence-electron chi connectivity index (χ1n) is 8.17. The van der Waals surface area contributed by atoms with Gasteiger partial charge in [0.1, 0.15) is 0 Å². The molecule has 0 amide bonds. The van der Waals surface area contributed by atoms with Gasteiger partial charge in [0.15, 0.2) is 0 Å². The number of allylic oxidation sites excluding steroid dienone is 9. The van der Waals surface area contributed by atoms with Gasteiger partial charge in [-0.1, -0.05) is 60.6 Å². The maximum atomic E-state index is 4.01. The summed E-state index contributed by atoms with van der Waals surface area (Å²) in [6.07, 6.45) is 17.2. The molecule has 0 heteroatoms. The van der Waals surface area contributed by atoms with Crippen LogP contribution in [0.3, 0.4) is 0 Å². The topological polar surface area (TPSA) is 0 Å². The summed E-state index contributed by atoms with van der Waals surface area (Å²) >= 11 is 0. The highest BCUT2D eigenvalue weighted by molar-refractivity contribution is 5.36. The van der Waals surface area contributed by atoms with Crippen molar-refractivity contribution in [2.24, 2.45) is 5.41 Å². The van der Waals surface area contributed by atoms with Gasteiger partial charge < -0.3 is 0 Å². The normalized spacial score (nSPS) is 21.2. The Morgan fingerprint density at radius 1 is 1.10 bits per heavy atom. The first-order chi connectivity index (χ1) is 9.87. The van der Waals surface area contributed by atoms with Crippen molar-refractivity contribution >= 4 is 0 Å². The van der Waals surface area contributed by atoms with Gasteiger partial charge >= 0.3 is 0 Å². The molecule has 0 aliphatic heterocycles. The Morgan fingerprint density at radius 3 is 2.29 bits per heavy atom. The Bertz CT molecular complexity index is 474. The second-order valence-corrected chi connectivity index (χ2v) is 7.03. The Kier molecular flexibility index (Phi) is 6.95. The van der Waals surface area contributed by atoms with E-state index in [-0.39, 0.29) is 5.41 Å². The fourth-order valence-electron chi connectivity index (χ4n) is 3.02. The van der Waals surface area contributed by atoms with Gasteiger partial charge in [-0.05, 0) is 70.8 Å². The van der Waals surface area contributed by atoms with E-state index in [9.17, 15) is 0 Å². The van der Waals surface area contributed by atoms with Crippen molar-refractivity contribution in [1.82, 2.24) is 0 Å². The summed E-state index contributed by atoms with van der Waals surface area (Å²) in [6, 6.07) is 0. The lowest BCUT2D eigenvalue weighted by atomic mass is 9.70. The molecule has 21 heavy (non-hydrogen) atoms. The lowest BCUT2D eigenvalue weighted by Crippen LogP contribution is -2.21. The van der Waals surface area contributed by atoms with Crippen LogP contribution < -0.4 is 0 Å². The van der Waals surface area contributed by atoms with Crippen molar-refractivity contribution in [2.45, 2.75) is 66.7 Å². The van der Waals surface area contributed by atoms with E-state index in [4.69, 9.17) is 0 Å². The van der Waals surface area contributed by atoms with E-state index in [1.165, 1.54) is 36.0 Å². The highest BCUT2D eigenvalue weighted by atomic mass is 14.3. The summed E-state index contributed by atoms with van der Waals surface area (Å²) in [5.74, 6) is 0. The third kappa shape index (κ3) is 5.91. The van der Waals surface area contributed by atoms with Gasteiger partial charge in [-0.15, -0.1) is 0 Å². The van der Waals surface area contributed by atoms with Crippen LogP contribution in [0.2, 0.25) is 0 Å². The van der Waals surface area contributed by atoms with E-state index < -0.39 is 0 Å². The van der Waals surface area contributed by atoms with Crippen LogP contribution in [0.1, 0.15) is 66.7 Å². The molecule has 116 valence electrons. The van der Waals surface area contributed by atoms with Crippen LogP contribution in [0, 0.1) is 5.41 Å². The predicted molar refractivity (Wildman–Crippen MR) is 96.4 cm³/mol. The molecule has 1 atom stereocenters. The zero-order valence-corrected chi connectivity index (χ0v) is 14.6. The zero-order valence-electron chi connectivity index (χ0n) is 14.6. The largest absolute Gasteiger partial charge is 0.0988 e. The van der Waals surface area contributed by atoms with E-state index in [0.29, 0.717) is 0 Å². The van der Waals surface area contributed by atoms with Crippen molar-refractivity contribution < 1.29 is 0 Å². The molecule has 0 heterocycles.